The Morgan fingerprint density at radius 3 is 2.37 bits per heavy atom. The van der Waals surface area contributed by atoms with Gasteiger partial charge >= 0.3 is 12.2 Å². The Labute approximate surface area is 430 Å². The van der Waals surface area contributed by atoms with Crippen LogP contribution in [0, 0.1) is 5.82 Å². The number of piperazine rings is 2. The average Bonchev–Trinajstić information content (AvgIpc) is 4.12. The smallest absolute Gasteiger partial charge is 0.405 e. The molecule has 0 spiro atoms. The third kappa shape index (κ3) is 10.1. The van der Waals surface area contributed by atoms with Gasteiger partial charge in [0, 0.05) is 105 Å². The number of nitrogens with one attached hydrogen (secondary N) is 2. The van der Waals surface area contributed by atoms with Crippen LogP contribution < -0.4 is 25.0 Å². The highest BCUT2D eigenvalue weighted by molar-refractivity contribution is 6.02. The van der Waals surface area contributed by atoms with Crippen molar-refractivity contribution in [2.75, 3.05) is 78.0 Å². The lowest BCUT2D eigenvalue weighted by atomic mass is 10.00. The molecular weight excluding hydrogens is 973 g/mol. The molecule has 3 aromatic heterocycles. The monoisotopic (exact) mass is 1030 g/mol. The molecule has 2 unspecified atom stereocenters. The predicted octanol–water partition coefficient (Wildman–Crippen LogP) is 6.72. The van der Waals surface area contributed by atoms with Gasteiger partial charge in [0.25, 0.3) is 5.91 Å². The van der Waals surface area contributed by atoms with E-state index in [1.165, 1.54) is 10.6 Å². The average molecular weight is 1030 g/mol. The summed E-state index contributed by atoms with van der Waals surface area (Å²) in [6, 6.07) is 22.5. The number of halogens is 4. The number of aryl methyl sites for hydroxylation is 1. The molecule has 4 atom stereocenters. The Bertz CT molecular complexity index is 3240. The summed E-state index contributed by atoms with van der Waals surface area (Å²) in [5.41, 5.74) is 2.96. The first-order valence-corrected chi connectivity index (χ1v) is 25.4. The van der Waals surface area contributed by atoms with E-state index in [1.54, 1.807) is 25.4 Å². The van der Waals surface area contributed by atoms with Gasteiger partial charge in [0.05, 0.1) is 18.1 Å². The minimum atomic E-state index is -4.65. The second-order valence-electron chi connectivity index (χ2n) is 20.0. The number of methoxy groups -OCH3 is 1. The molecule has 21 heteroatoms. The van der Waals surface area contributed by atoms with Crippen molar-refractivity contribution < 1.29 is 42.0 Å². The Morgan fingerprint density at radius 2 is 1.65 bits per heavy atom. The molecule has 1 amide bonds. The number of ether oxygens (including phenoxy) is 2. The van der Waals surface area contributed by atoms with E-state index in [9.17, 15) is 28.2 Å². The number of hydrogen-bond acceptors (Lipinski definition) is 15. The van der Waals surface area contributed by atoms with Crippen LogP contribution in [0.2, 0.25) is 0 Å². The fourth-order valence-corrected chi connectivity index (χ4v) is 11.3. The number of pyridine rings is 1. The third-order valence-corrected chi connectivity index (χ3v) is 15.2. The Hall–Kier alpha value is -7.20. The summed E-state index contributed by atoms with van der Waals surface area (Å²) < 4.78 is 70.0. The highest BCUT2D eigenvalue weighted by atomic mass is 19.4. The van der Waals surface area contributed by atoms with Crippen molar-refractivity contribution >= 4 is 33.4 Å². The number of nitrogens with zero attached hydrogens (tertiary/aromatic N) is 10. The van der Waals surface area contributed by atoms with E-state index in [0.717, 1.165) is 87.5 Å². The van der Waals surface area contributed by atoms with Crippen LogP contribution in [0.25, 0.3) is 50.0 Å². The van der Waals surface area contributed by atoms with Gasteiger partial charge in [0.1, 0.15) is 47.4 Å². The Morgan fingerprint density at radius 1 is 0.907 bits per heavy atom. The van der Waals surface area contributed by atoms with Gasteiger partial charge in [-0.2, -0.15) is 23.1 Å². The molecule has 4 saturated heterocycles. The summed E-state index contributed by atoms with van der Waals surface area (Å²) in [7, 11) is 3.70. The molecule has 17 nitrogen and oxygen atoms in total. The number of benzene rings is 4. The SMILES string of the molecule is CCc1cc(-c2nnc(C(=O)NCC(F)(F)F)n2-c2ccc(CN3CCN([C@H]4C[C@@H](COc5nc(N6CC7CCC(C6)N7)c6cnc(-c7cccc8cccc(OC)c78)c(F)c6n5)N(C)C4)CC3)cc2)c(O)cc1O. The second-order valence-corrected chi connectivity index (χ2v) is 20.0. The number of alkyl halides is 3. The number of phenolic OH excluding ortho intramolecular Hbond substituents is 2. The maximum atomic E-state index is 17.1. The number of carbonyl (C=O) groups is 1. The molecule has 392 valence electrons. The molecule has 7 heterocycles. The van der Waals surface area contributed by atoms with Gasteiger partial charge in [-0.1, -0.05) is 49.4 Å². The molecule has 0 radical (unpaired) electrons. The van der Waals surface area contributed by atoms with Crippen molar-refractivity contribution in [3.8, 4) is 51.6 Å². The van der Waals surface area contributed by atoms with Gasteiger partial charge in [-0.05, 0) is 73.5 Å². The van der Waals surface area contributed by atoms with Crippen molar-refractivity contribution in [3.05, 3.63) is 102 Å². The summed E-state index contributed by atoms with van der Waals surface area (Å²) >= 11 is 0. The maximum absolute atomic E-state index is 17.1. The van der Waals surface area contributed by atoms with Crippen molar-refractivity contribution in [1.82, 2.24) is 55.0 Å². The zero-order chi connectivity index (χ0) is 52.1. The van der Waals surface area contributed by atoms with E-state index in [4.69, 9.17) is 24.4 Å². The van der Waals surface area contributed by atoms with Gasteiger partial charge in [0.2, 0.25) is 5.82 Å². The van der Waals surface area contributed by atoms with E-state index in [-0.39, 0.29) is 46.1 Å². The predicted molar refractivity (Wildman–Crippen MR) is 274 cm³/mol. The molecular formula is C54H58F4N12O5. The van der Waals surface area contributed by atoms with E-state index >= 15 is 4.39 Å². The van der Waals surface area contributed by atoms with Crippen LogP contribution in [0.4, 0.5) is 23.4 Å². The van der Waals surface area contributed by atoms with Crippen molar-refractivity contribution in [1.29, 1.82) is 0 Å². The molecule has 0 aliphatic carbocycles. The number of carbonyl (C=O) groups excluding carboxylic acids is 1. The highest BCUT2D eigenvalue weighted by Gasteiger charge is 2.37. The van der Waals surface area contributed by atoms with Crippen molar-refractivity contribution in [3.63, 3.8) is 0 Å². The van der Waals surface area contributed by atoms with Crippen molar-refractivity contribution in [2.45, 2.75) is 69.5 Å². The summed E-state index contributed by atoms with van der Waals surface area (Å²) in [6.45, 7) is 6.87. The highest BCUT2D eigenvalue weighted by Crippen LogP contribution is 2.40. The number of anilines is 1. The van der Waals surface area contributed by atoms with Gasteiger partial charge < -0.3 is 35.2 Å². The topological polar surface area (TPSA) is 182 Å². The second kappa shape index (κ2) is 20.5. The zero-order valence-corrected chi connectivity index (χ0v) is 41.8. The number of fused-ring (bicyclic) bond motifs is 4. The van der Waals surface area contributed by atoms with Gasteiger partial charge in [0.15, 0.2) is 11.6 Å². The zero-order valence-electron chi connectivity index (χ0n) is 41.8. The number of rotatable bonds is 14. The third-order valence-electron chi connectivity index (χ3n) is 15.2. The number of likely N-dealkylation sites (N-methyl/N-ethyl adjacent to an activating group) is 1. The number of phenols is 2. The van der Waals surface area contributed by atoms with Crippen LogP contribution in [-0.2, 0) is 13.0 Å². The van der Waals surface area contributed by atoms with Crippen LogP contribution in [0.1, 0.15) is 47.9 Å². The molecule has 0 saturated carbocycles. The van der Waals surface area contributed by atoms with Crippen LogP contribution in [0.5, 0.6) is 23.3 Å². The molecule has 4 aliphatic heterocycles. The standard InChI is InChI=1S/C54H58F4N12O5/c1-4-32-21-40(43(72)23-42(32)71)50-64-65-51(52(73)60-30-54(56,57)58)70(50)36-15-11-31(12-16-36)25-67-17-19-68(20-18-67)37-22-38(66(2)28-37)29-75-53-62-48-41(49(63-53)69-26-34-13-14-35(27-69)61-34)24-59-47(46(48)55)39-9-5-7-33-8-6-10-44(74-3)45(33)39/h5-12,15-16,21,23-24,34-35,37-38,61,71-72H,4,13-14,17-20,22,25-30H2,1-3H3,(H,60,73)/t34?,35?,37-,38-/m0/s1. The van der Waals surface area contributed by atoms with Gasteiger partial charge in [-0.25, -0.2) is 4.39 Å². The fourth-order valence-electron chi connectivity index (χ4n) is 11.3. The minimum absolute atomic E-state index is 0.0182. The maximum Gasteiger partial charge on any atom is 0.405 e. The lowest BCUT2D eigenvalue weighted by molar-refractivity contribution is -0.123. The summed E-state index contributed by atoms with van der Waals surface area (Å²) in [6.07, 6.45) is 0.470. The molecule has 11 rings (SSSR count). The summed E-state index contributed by atoms with van der Waals surface area (Å²) in [5.74, 6) is -1.24. The molecule has 4 aromatic carbocycles. The normalized spacial score (nSPS) is 20.6. The summed E-state index contributed by atoms with van der Waals surface area (Å²) in [5, 5.41) is 37.0. The molecule has 4 aliphatic rings. The lowest BCUT2D eigenvalue weighted by Gasteiger charge is -2.38. The number of likely N-dealkylation sites (tertiary alicyclic amines) is 1. The molecule has 7 aromatic rings. The van der Waals surface area contributed by atoms with Crippen LogP contribution in [0.15, 0.2) is 79.0 Å². The number of aromatic nitrogens is 6. The lowest BCUT2D eigenvalue weighted by Crippen LogP contribution is -2.51. The van der Waals surface area contributed by atoms with Crippen molar-refractivity contribution in [2.24, 2.45) is 0 Å². The minimum Gasteiger partial charge on any atom is -0.508 e. The molecule has 2 bridgehead atoms. The largest absolute Gasteiger partial charge is 0.508 e. The first-order valence-electron chi connectivity index (χ1n) is 25.4. The molecule has 75 heavy (non-hydrogen) atoms. The van der Waals surface area contributed by atoms with E-state index in [1.807, 2.05) is 60.8 Å². The Kier molecular flexibility index (Phi) is 13.7. The van der Waals surface area contributed by atoms with Crippen LogP contribution in [0.3, 0.4) is 0 Å². The first kappa shape index (κ1) is 50.0. The van der Waals surface area contributed by atoms with Crippen LogP contribution in [-0.4, -0.2) is 164 Å². The van der Waals surface area contributed by atoms with Gasteiger partial charge in [-0.15, -0.1) is 10.2 Å². The van der Waals surface area contributed by atoms with E-state index in [2.05, 4.69) is 42.2 Å². The van der Waals surface area contributed by atoms with E-state index < -0.39 is 30.3 Å². The van der Waals surface area contributed by atoms with Gasteiger partial charge in [-0.3, -0.25) is 29.0 Å². The summed E-state index contributed by atoms with van der Waals surface area (Å²) in [4.78, 5) is 37.0. The molecule has 4 N–H and O–H groups in total. The Balaban J connectivity index is 0.762. The number of amides is 1. The first-order chi connectivity index (χ1) is 36.2. The van der Waals surface area contributed by atoms with Crippen LogP contribution >= 0.6 is 0 Å². The number of hydrogen-bond donors (Lipinski definition) is 4. The number of aromatic hydroxyl groups is 2. The fraction of sp³-hybridized carbons (Fsp3) is 0.407. The molecule has 4 fully saturated rings. The van der Waals surface area contributed by atoms with E-state index in [0.29, 0.717) is 71.5 Å². The quantitative estimate of drug-likeness (QED) is 0.0843.